The summed E-state index contributed by atoms with van der Waals surface area (Å²) in [6.45, 7) is 0.646. The molecule has 4 nitrogen and oxygen atoms in total. The highest BCUT2D eigenvalue weighted by Gasteiger charge is 2.23. The summed E-state index contributed by atoms with van der Waals surface area (Å²) < 4.78 is 2.87. The number of rotatable bonds is 4. The third-order valence-electron chi connectivity index (χ3n) is 3.92. The molecule has 3 rings (SSSR count). The van der Waals surface area contributed by atoms with Crippen LogP contribution in [0.1, 0.15) is 31.2 Å². The van der Waals surface area contributed by atoms with Gasteiger partial charge in [0.05, 0.1) is 12.7 Å². The van der Waals surface area contributed by atoms with Crippen LogP contribution < -0.4 is 5.32 Å². The van der Waals surface area contributed by atoms with Crippen LogP contribution in [0, 0.1) is 5.92 Å². The van der Waals surface area contributed by atoms with Gasteiger partial charge in [-0.1, -0.05) is 40.9 Å². The molecule has 1 aromatic carbocycles. The number of amides is 1. The van der Waals surface area contributed by atoms with Crippen LogP contribution in [0.4, 0.5) is 5.82 Å². The lowest BCUT2D eigenvalue weighted by molar-refractivity contribution is -0.119. The SMILES string of the molecule is O=C(Nc1ccnn1Cc1cccc(Br)c1)C1CCCC1. The average molecular weight is 348 g/mol. The van der Waals surface area contributed by atoms with E-state index in [0.29, 0.717) is 6.54 Å². The van der Waals surface area contributed by atoms with E-state index in [0.717, 1.165) is 41.5 Å². The second-order valence-corrected chi connectivity index (χ2v) is 6.39. The molecular formula is C16H18BrN3O. The summed E-state index contributed by atoms with van der Waals surface area (Å²) in [5, 5.41) is 7.32. The Kier molecular flexibility index (Phi) is 4.39. The zero-order valence-corrected chi connectivity index (χ0v) is 13.3. The molecule has 0 atom stereocenters. The summed E-state index contributed by atoms with van der Waals surface area (Å²) in [5.41, 5.74) is 1.14. The summed E-state index contributed by atoms with van der Waals surface area (Å²) in [4.78, 5) is 12.2. The Morgan fingerprint density at radius 1 is 1.33 bits per heavy atom. The molecule has 110 valence electrons. The van der Waals surface area contributed by atoms with Crippen LogP contribution in [0.25, 0.3) is 0 Å². The minimum Gasteiger partial charge on any atom is -0.311 e. The summed E-state index contributed by atoms with van der Waals surface area (Å²) >= 11 is 3.47. The first-order valence-electron chi connectivity index (χ1n) is 7.29. The lowest BCUT2D eigenvalue weighted by Crippen LogP contribution is -2.22. The van der Waals surface area contributed by atoms with Crippen molar-refractivity contribution in [3.8, 4) is 0 Å². The number of nitrogens with one attached hydrogen (secondary N) is 1. The van der Waals surface area contributed by atoms with Gasteiger partial charge in [-0.2, -0.15) is 5.10 Å². The number of aromatic nitrogens is 2. The highest BCUT2D eigenvalue weighted by molar-refractivity contribution is 9.10. The molecule has 1 aliphatic rings. The smallest absolute Gasteiger partial charge is 0.228 e. The molecule has 1 aromatic heterocycles. The van der Waals surface area contributed by atoms with E-state index in [4.69, 9.17) is 0 Å². The molecule has 0 aliphatic heterocycles. The lowest BCUT2D eigenvalue weighted by Gasteiger charge is -2.12. The Balaban J connectivity index is 1.70. The van der Waals surface area contributed by atoms with Crippen molar-refractivity contribution in [3.63, 3.8) is 0 Å². The van der Waals surface area contributed by atoms with Crippen LogP contribution >= 0.6 is 15.9 Å². The summed E-state index contributed by atoms with van der Waals surface area (Å²) in [6, 6.07) is 9.96. The predicted octanol–water partition coefficient (Wildman–Crippen LogP) is 3.82. The van der Waals surface area contributed by atoms with Crippen LogP contribution in [0.5, 0.6) is 0 Å². The molecule has 0 bridgehead atoms. The van der Waals surface area contributed by atoms with E-state index in [1.165, 1.54) is 0 Å². The Morgan fingerprint density at radius 2 is 2.14 bits per heavy atom. The Bertz CT molecular complexity index is 632. The van der Waals surface area contributed by atoms with Crippen molar-refractivity contribution < 1.29 is 4.79 Å². The summed E-state index contributed by atoms with van der Waals surface area (Å²) in [5.74, 6) is 1.06. The fourth-order valence-corrected chi connectivity index (χ4v) is 3.24. The van der Waals surface area contributed by atoms with Gasteiger partial charge in [-0.3, -0.25) is 4.79 Å². The first kappa shape index (κ1) is 14.3. The van der Waals surface area contributed by atoms with Crippen LogP contribution in [-0.2, 0) is 11.3 Å². The van der Waals surface area contributed by atoms with Crippen molar-refractivity contribution in [1.29, 1.82) is 0 Å². The van der Waals surface area contributed by atoms with E-state index < -0.39 is 0 Å². The van der Waals surface area contributed by atoms with Gasteiger partial charge in [-0.15, -0.1) is 0 Å². The van der Waals surface area contributed by atoms with E-state index in [1.807, 2.05) is 22.9 Å². The number of hydrogen-bond acceptors (Lipinski definition) is 2. The average Bonchev–Trinajstić information content (AvgIpc) is 3.11. The summed E-state index contributed by atoms with van der Waals surface area (Å²) in [7, 11) is 0. The molecule has 1 N–H and O–H groups in total. The number of carbonyl (C=O) groups excluding carboxylic acids is 1. The maximum Gasteiger partial charge on any atom is 0.228 e. The summed E-state index contributed by atoms with van der Waals surface area (Å²) in [6.07, 6.45) is 6.06. The largest absolute Gasteiger partial charge is 0.311 e. The number of nitrogens with zero attached hydrogens (tertiary/aromatic N) is 2. The van der Waals surface area contributed by atoms with E-state index in [1.54, 1.807) is 6.20 Å². The van der Waals surface area contributed by atoms with Crippen LogP contribution in [0.15, 0.2) is 41.0 Å². The number of halogens is 1. The monoisotopic (exact) mass is 347 g/mol. The van der Waals surface area contributed by atoms with Crippen molar-refractivity contribution in [1.82, 2.24) is 9.78 Å². The van der Waals surface area contributed by atoms with Gasteiger partial charge in [-0.05, 0) is 30.5 Å². The number of benzene rings is 1. The predicted molar refractivity (Wildman–Crippen MR) is 86.1 cm³/mol. The van der Waals surface area contributed by atoms with Crippen LogP contribution in [0.2, 0.25) is 0 Å². The van der Waals surface area contributed by atoms with Crippen molar-refractivity contribution in [3.05, 3.63) is 46.6 Å². The second-order valence-electron chi connectivity index (χ2n) is 5.47. The molecule has 1 fully saturated rings. The van der Waals surface area contributed by atoms with Crippen molar-refractivity contribution in [2.24, 2.45) is 5.92 Å². The normalized spacial score (nSPS) is 15.3. The second kappa shape index (κ2) is 6.43. The van der Waals surface area contributed by atoms with Crippen molar-refractivity contribution in [2.45, 2.75) is 32.2 Å². The molecule has 2 aromatic rings. The highest BCUT2D eigenvalue weighted by atomic mass is 79.9. The quantitative estimate of drug-likeness (QED) is 0.913. The maximum atomic E-state index is 12.2. The van der Waals surface area contributed by atoms with Crippen LogP contribution in [-0.4, -0.2) is 15.7 Å². The van der Waals surface area contributed by atoms with Gasteiger partial charge in [0.15, 0.2) is 0 Å². The molecular weight excluding hydrogens is 330 g/mol. The van der Waals surface area contributed by atoms with Crippen LogP contribution in [0.3, 0.4) is 0 Å². The molecule has 1 aliphatic carbocycles. The number of anilines is 1. The lowest BCUT2D eigenvalue weighted by atomic mass is 10.1. The fourth-order valence-electron chi connectivity index (χ4n) is 2.79. The topological polar surface area (TPSA) is 46.9 Å². The maximum absolute atomic E-state index is 12.2. The molecule has 0 radical (unpaired) electrons. The third kappa shape index (κ3) is 3.53. The number of hydrogen-bond donors (Lipinski definition) is 1. The van der Waals surface area contributed by atoms with Crippen molar-refractivity contribution in [2.75, 3.05) is 5.32 Å². The van der Waals surface area contributed by atoms with Gasteiger partial charge in [0.1, 0.15) is 5.82 Å². The zero-order chi connectivity index (χ0) is 14.7. The minimum absolute atomic E-state index is 0.128. The van der Waals surface area contributed by atoms with Gasteiger partial charge in [-0.25, -0.2) is 4.68 Å². The van der Waals surface area contributed by atoms with E-state index in [2.05, 4.69) is 38.5 Å². The third-order valence-corrected chi connectivity index (χ3v) is 4.41. The van der Waals surface area contributed by atoms with E-state index >= 15 is 0 Å². The standard InChI is InChI=1S/C16H18BrN3O/c17-14-7-3-4-12(10-14)11-20-15(8-9-18-20)19-16(21)13-5-1-2-6-13/h3-4,7-10,13H,1-2,5-6,11H2,(H,19,21). The molecule has 0 spiro atoms. The molecule has 1 saturated carbocycles. The molecule has 21 heavy (non-hydrogen) atoms. The number of carbonyl (C=O) groups is 1. The van der Waals surface area contributed by atoms with Gasteiger partial charge in [0.2, 0.25) is 5.91 Å². The zero-order valence-electron chi connectivity index (χ0n) is 11.8. The van der Waals surface area contributed by atoms with Gasteiger partial charge < -0.3 is 5.32 Å². The van der Waals surface area contributed by atoms with E-state index in [-0.39, 0.29) is 11.8 Å². The first-order valence-corrected chi connectivity index (χ1v) is 8.09. The Hall–Kier alpha value is -1.62. The Labute approximate surface area is 132 Å². The fraction of sp³-hybridized carbons (Fsp3) is 0.375. The molecule has 0 unspecified atom stereocenters. The Morgan fingerprint density at radius 3 is 2.90 bits per heavy atom. The van der Waals surface area contributed by atoms with E-state index in [9.17, 15) is 4.79 Å². The molecule has 1 heterocycles. The molecule has 0 saturated heterocycles. The minimum atomic E-state index is 0.128. The van der Waals surface area contributed by atoms with Gasteiger partial charge in [0, 0.05) is 16.5 Å². The molecule has 5 heteroatoms. The highest BCUT2D eigenvalue weighted by Crippen LogP contribution is 2.26. The first-order chi connectivity index (χ1) is 10.2. The van der Waals surface area contributed by atoms with Gasteiger partial charge >= 0.3 is 0 Å². The van der Waals surface area contributed by atoms with Crippen molar-refractivity contribution >= 4 is 27.7 Å². The van der Waals surface area contributed by atoms with Gasteiger partial charge in [0.25, 0.3) is 0 Å². The molecule has 1 amide bonds.